The molecular formula is C14H26N2OS. The minimum absolute atomic E-state index is 0.183. The van der Waals surface area contributed by atoms with Gasteiger partial charge in [0.25, 0.3) is 0 Å². The van der Waals surface area contributed by atoms with Gasteiger partial charge in [-0.15, -0.1) is 0 Å². The van der Waals surface area contributed by atoms with E-state index in [1.54, 1.807) is 0 Å². The van der Waals surface area contributed by atoms with Gasteiger partial charge in [-0.05, 0) is 31.9 Å². The molecule has 2 amide bonds. The largest absolute Gasteiger partial charge is 0.334 e. The fourth-order valence-electron chi connectivity index (χ4n) is 3.07. The van der Waals surface area contributed by atoms with Gasteiger partial charge in [0.05, 0.1) is 0 Å². The maximum atomic E-state index is 12.3. The van der Waals surface area contributed by atoms with Crippen molar-refractivity contribution in [3.05, 3.63) is 0 Å². The van der Waals surface area contributed by atoms with Crippen molar-refractivity contribution >= 4 is 17.8 Å². The third-order valence-corrected chi connectivity index (χ3v) is 5.38. The third kappa shape index (κ3) is 3.81. The first-order chi connectivity index (χ1) is 8.81. The zero-order valence-electron chi connectivity index (χ0n) is 11.5. The maximum absolute atomic E-state index is 12.3. The highest BCUT2D eigenvalue weighted by Crippen LogP contribution is 2.27. The van der Waals surface area contributed by atoms with Crippen LogP contribution in [-0.4, -0.2) is 41.6 Å². The van der Waals surface area contributed by atoms with Crippen LogP contribution in [0.5, 0.6) is 0 Å². The number of hydrogen-bond acceptors (Lipinski definition) is 2. The molecule has 4 heteroatoms. The number of urea groups is 1. The van der Waals surface area contributed by atoms with Gasteiger partial charge in [-0.3, -0.25) is 0 Å². The molecule has 0 bridgehead atoms. The Labute approximate surface area is 115 Å². The first-order valence-electron chi connectivity index (χ1n) is 7.39. The minimum atomic E-state index is 0.183. The summed E-state index contributed by atoms with van der Waals surface area (Å²) in [5.74, 6) is 0. The predicted octanol–water partition coefficient (Wildman–Crippen LogP) is 3.25. The normalized spacial score (nSPS) is 29.7. The van der Waals surface area contributed by atoms with Crippen molar-refractivity contribution in [2.45, 2.75) is 62.7 Å². The molecule has 0 radical (unpaired) electrons. The second-order valence-corrected chi connectivity index (χ2v) is 6.59. The lowest BCUT2D eigenvalue weighted by molar-refractivity contribution is 0.192. The zero-order chi connectivity index (χ0) is 12.8. The van der Waals surface area contributed by atoms with Crippen LogP contribution in [-0.2, 0) is 0 Å². The van der Waals surface area contributed by atoms with Crippen LogP contribution in [0.15, 0.2) is 0 Å². The molecule has 3 nitrogen and oxygen atoms in total. The van der Waals surface area contributed by atoms with E-state index < -0.39 is 0 Å². The van der Waals surface area contributed by atoms with E-state index in [1.807, 2.05) is 16.7 Å². The van der Waals surface area contributed by atoms with Gasteiger partial charge >= 0.3 is 6.03 Å². The van der Waals surface area contributed by atoms with Crippen LogP contribution in [0.25, 0.3) is 0 Å². The highest BCUT2D eigenvalue weighted by atomic mass is 32.2. The Morgan fingerprint density at radius 3 is 2.39 bits per heavy atom. The van der Waals surface area contributed by atoms with Crippen molar-refractivity contribution in [2.24, 2.45) is 0 Å². The number of hydrogen-bond donors (Lipinski definition) is 1. The lowest BCUT2D eigenvalue weighted by atomic mass is 9.95. The topological polar surface area (TPSA) is 32.3 Å². The second kappa shape index (κ2) is 7.27. The first-order valence-corrected chi connectivity index (χ1v) is 8.68. The highest BCUT2D eigenvalue weighted by Gasteiger charge is 2.27. The molecule has 2 aliphatic rings. The molecule has 2 atom stereocenters. The Bertz CT molecular complexity index is 265. The van der Waals surface area contributed by atoms with Gasteiger partial charge in [0, 0.05) is 24.4 Å². The summed E-state index contributed by atoms with van der Waals surface area (Å²) in [6.07, 6.45) is 12.1. The molecule has 1 saturated heterocycles. The second-order valence-electron chi connectivity index (χ2n) is 5.52. The van der Waals surface area contributed by atoms with Gasteiger partial charge in [0.1, 0.15) is 0 Å². The summed E-state index contributed by atoms with van der Waals surface area (Å²) in [7, 11) is 0. The summed E-state index contributed by atoms with van der Waals surface area (Å²) in [4.78, 5) is 14.3. The van der Waals surface area contributed by atoms with Gasteiger partial charge in [-0.1, -0.05) is 25.7 Å². The van der Waals surface area contributed by atoms with E-state index in [2.05, 4.69) is 11.6 Å². The van der Waals surface area contributed by atoms with Crippen molar-refractivity contribution in [1.29, 1.82) is 0 Å². The summed E-state index contributed by atoms with van der Waals surface area (Å²) in [6, 6.07) is 0.576. The molecule has 18 heavy (non-hydrogen) atoms. The molecule has 104 valence electrons. The predicted molar refractivity (Wildman–Crippen MR) is 78.1 cm³/mol. The summed E-state index contributed by atoms with van der Waals surface area (Å²) >= 11 is 1.91. The molecule has 0 spiro atoms. The van der Waals surface area contributed by atoms with Crippen molar-refractivity contribution in [3.8, 4) is 0 Å². The number of thioether (sulfide) groups is 1. The van der Waals surface area contributed by atoms with E-state index in [0.29, 0.717) is 11.3 Å². The van der Waals surface area contributed by atoms with E-state index in [4.69, 9.17) is 0 Å². The SMILES string of the molecule is CSC1CCCCC1NC(=O)N1CCCCCC1. The first kappa shape index (κ1) is 14.0. The molecule has 1 aliphatic carbocycles. The lowest BCUT2D eigenvalue weighted by Gasteiger charge is -2.33. The van der Waals surface area contributed by atoms with Crippen LogP contribution in [0.2, 0.25) is 0 Å². The summed E-state index contributed by atoms with van der Waals surface area (Å²) < 4.78 is 0. The number of nitrogens with zero attached hydrogens (tertiary/aromatic N) is 1. The van der Waals surface area contributed by atoms with Crippen LogP contribution in [0.3, 0.4) is 0 Å². The van der Waals surface area contributed by atoms with Crippen molar-refractivity contribution in [2.75, 3.05) is 19.3 Å². The van der Waals surface area contributed by atoms with Gasteiger partial charge in [0.2, 0.25) is 0 Å². The molecule has 0 aromatic heterocycles. The fourth-order valence-corrected chi connectivity index (χ4v) is 4.00. The molecule has 1 N–H and O–H groups in total. The van der Waals surface area contributed by atoms with Gasteiger partial charge < -0.3 is 10.2 Å². The molecule has 1 aliphatic heterocycles. The van der Waals surface area contributed by atoms with E-state index in [1.165, 1.54) is 44.9 Å². The Kier molecular flexibility index (Phi) is 5.67. The van der Waals surface area contributed by atoms with E-state index >= 15 is 0 Å². The van der Waals surface area contributed by atoms with Crippen molar-refractivity contribution in [3.63, 3.8) is 0 Å². The lowest BCUT2D eigenvalue weighted by Crippen LogP contribution is -2.49. The molecule has 0 aromatic carbocycles. The van der Waals surface area contributed by atoms with E-state index in [9.17, 15) is 4.79 Å². The van der Waals surface area contributed by atoms with Gasteiger partial charge in [0.15, 0.2) is 0 Å². The van der Waals surface area contributed by atoms with Crippen LogP contribution in [0, 0.1) is 0 Å². The molecular weight excluding hydrogens is 244 g/mol. The number of amides is 2. The number of rotatable bonds is 2. The maximum Gasteiger partial charge on any atom is 0.317 e. The molecule has 1 saturated carbocycles. The van der Waals surface area contributed by atoms with Gasteiger partial charge in [-0.2, -0.15) is 11.8 Å². The number of carbonyl (C=O) groups is 1. The van der Waals surface area contributed by atoms with Crippen LogP contribution >= 0.6 is 11.8 Å². The average Bonchev–Trinajstić information content (AvgIpc) is 2.68. The van der Waals surface area contributed by atoms with Crippen LogP contribution in [0.1, 0.15) is 51.4 Å². The minimum Gasteiger partial charge on any atom is -0.334 e. The Morgan fingerprint density at radius 1 is 1.06 bits per heavy atom. The molecule has 2 unspecified atom stereocenters. The van der Waals surface area contributed by atoms with Gasteiger partial charge in [-0.25, -0.2) is 4.79 Å². The number of carbonyl (C=O) groups excluding carboxylic acids is 1. The van der Waals surface area contributed by atoms with E-state index in [-0.39, 0.29) is 6.03 Å². The Morgan fingerprint density at radius 2 is 1.72 bits per heavy atom. The van der Waals surface area contributed by atoms with Crippen LogP contribution in [0.4, 0.5) is 4.79 Å². The highest BCUT2D eigenvalue weighted by molar-refractivity contribution is 7.99. The summed E-state index contributed by atoms with van der Waals surface area (Å²) in [5.41, 5.74) is 0. The van der Waals surface area contributed by atoms with Crippen molar-refractivity contribution in [1.82, 2.24) is 10.2 Å². The third-order valence-electron chi connectivity index (χ3n) is 4.21. The zero-order valence-corrected chi connectivity index (χ0v) is 12.3. The smallest absolute Gasteiger partial charge is 0.317 e. The average molecular weight is 270 g/mol. The molecule has 0 aromatic rings. The fraction of sp³-hybridized carbons (Fsp3) is 0.929. The molecule has 2 rings (SSSR count). The standard InChI is InChI=1S/C14H26N2OS/c1-18-13-9-5-4-8-12(13)15-14(17)16-10-6-2-3-7-11-16/h12-13H,2-11H2,1H3,(H,15,17). The molecule has 1 heterocycles. The number of likely N-dealkylation sites (tertiary alicyclic amines) is 1. The number of nitrogens with one attached hydrogen (secondary N) is 1. The summed E-state index contributed by atoms with van der Waals surface area (Å²) in [5, 5.41) is 3.90. The van der Waals surface area contributed by atoms with Crippen LogP contribution < -0.4 is 5.32 Å². The van der Waals surface area contributed by atoms with Crippen molar-refractivity contribution < 1.29 is 4.79 Å². The monoisotopic (exact) mass is 270 g/mol. The van der Waals surface area contributed by atoms with E-state index in [0.717, 1.165) is 19.5 Å². The molecule has 2 fully saturated rings. The Balaban J connectivity index is 1.84. The Hall–Kier alpha value is -0.380. The summed E-state index contributed by atoms with van der Waals surface area (Å²) in [6.45, 7) is 1.89. The quantitative estimate of drug-likeness (QED) is 0.835.